The second kappa shape index (κ2) is 19.2. The van der Waals surface area contributed by atoms with E-state index in [1.165, 1.54) is 24.3 Å². The van der Waals surface area contributed by atoms with Gasteiger partial charge in [0.05, 0.1) is 23.8 Å². The van der Waals surface area contributed by atoms with Crippen molar-refractivity contribution in [2.24, 2.45) is 0 Å². The van der Waals surface area contributed by atoms with Gasteiger partial charge in [-0.1, -0.05) is 104 Å². The molecule has 13 heteroatoms. The van der Waals surface area contributed by atoms with Crippen molar-refractivity contribution >= 4 is 34.2 Å². The Morgan fingerprint density at radius 2 is 1.24 bits per heavy atom. The Hall–Kier alpha value is -4.96. The first kappa shape index (κ1) is 48.1. The molecule has 10 nitrogen and oxygen atoms in total. The molecule has 5 aromatic rings. The summed E-state index contributed by atoms with van der Waals surface area (Å²) >= 11 is 0. The summed E-state index contributed by atoms with van der Waals surface area (Å²) in [5.74, 6) is -2.24. The third kappa shape index (κ3) is 11.3. The number of rotatable bonds is 17. The predicted molar refractivity (Wildman–Crippen MR) is 251 cm³/mol. The number of carbonyl (C=O) groups is 2. The van der Waals surface area contributed by atoms with Crippen LogP contribution < -0.4 is 10.2 Å². The molecule has 2 heterocycles. The number of aromatic nitrogens is 2. The lowest BCUT2D eigenvalue weighted by Gasteiger charge is -2.42. The van der Waals surface area contributed by atoms with Gasteiger partial charge in [0.2, 0.25) is 11.8 Å². The Bertz CT molecular complexity index is 2270. The summed E-state index contributed by atoms with van der Waals surface area (Å²) in [7, 11) is -4.95. The average molecular weight is 884 g/mol. The molecular weight excluding hydrogens is 818 g/mol. The zero-order valence-corrected chi connectivity index (χ0v) is 40.5. The van der Waals surface area contributed by atoms with E-state index in [4.69, 9.17) is 13.7 Å². The van der Waals surface area contributed by atoms with Crippen molar-refractivity contribution < 1.29 is 37.9 Å². The van der Waals surface area contributed by atoms with Crippen LogP contribution in [0.4, 0.5) is 10.1 Å². The quantitative estimate of drug-likeness (QED) is 0.0794. The Morgan fingerprint density at radius 1 is 0.726 bits per heavy atom. The minimum Gasteiger partial charge on any atom is -0.492 e. The van der Waals surface area contributed by atoms with Crippen LogP contribution >= 0.6 is 0 Å². The number of aromatic hydroxyl groups is 2. The Labute approximate surface area is 369 Å². The van der Waals surface area contributed by atoms with Gasteiger partial charge in [-0.3, -0.25) is 4.79 Å². The van der Waals surface area contributed by atoms with Gasteiger partial charge in [0, 0.05) is 41.7 Å². The lowest BCUT2D eigenvalue weighted by molar-refractivity contribution is -0.147. The summed E-state index contributed by atoms with van der Waals surface area (Å²) in [6, 6.07) is 28.1. The van der Waals surface area contributed by atoms with Gasteiger partial charge >= 0.3 is 5.97 Å². The zero-order valence-electron chi connectivity index (χ0n) is 38.5. The maximum Gasteiger partial charge on any atom is 0.335 e. The van der Waals surface area contributed by atoms with Gasteiger partial charge in [0.25, 0.3) is 5.91 Å². The fourth-order valence-corrected chi connectivity index (χ4v) is 9.95. The number of halogens is 1. The lowest BCUT2D eigenvalue weighted by Crippen LogP contribution is -2.48. The van der Waals surface area contributed by atoms with Gasteiger partial charge in [0.15, 0.2) is 16.6 Å². The number of hydrogen-bond donors (Lipinski definition) is 3. The summed E-state index contributed by atoms with van der Waals surface area (Å²) in [4.78, 5) is 33.9. The molecule has 0 aliphatic heterocycles. The van der Waals surface area contributed by atoms with E-state index in [1.807, 2.05) is 60.7 Å². The van der Waals surface area contributed by atoms with E-state index in [1.54, 1.807) is 12.1 Å². The molecule has 62 heavy (non-hydrogen) atoms. The number of benzene rings is 3. The van der Waals surface area contributed by atoms with Gasteiger partial charge in [-0.25, -0.2) is 9.18 Å². The molecule has 0 saturated carbocycles. The van der Waals surface area contributed by atoms with Gasteiger partial charge in [-0.05, 0) is 103 Å². The van der Waals surface area contributed by atoms with Crippen LogP contribution in [-0.2, 0) is 20.2 Å². The molecule has 334 valence electrons. The summed E-state index contributed by atoms with van der Waals surface area (Å²) in [5.41, 5.74) is 5.16. The molecule has 0 aliphatic carbocycles. The third-order valence-corrected chi connectivity index (χ3v) is 21.5. The van der Waals surface area contributed by atoms with Crippen molar-refractivity contribution in [3.63, 3.8) is 0 Å². The second-order valence-corrected chi connectivity index (χ2v) is 29.0. The van der Waals surface area contributed by atoms with E-state index in [0.29, 0.717) is 35.4 Å². The normalized spacial score (nSPS) is 13.6. The van der Waals surface area contributed by atoms with Crippen LogP contribution in [0.2, 0.25) is 36.3 Å². The Morgan fingerprint density at radius 3 is 1.76 bits per heavy atom. The third-order valence-electron chi connectivity index (χ3n) is 12.4. The minimum absolute atomic E-state index is 0.117. The van der Waals surface area contributed by atoms with Crippen molar-refractivity contribution in [1.29, 1.82) is 0 Å². The molecule has 0 spiro atoms. The van der Waals surface area contributed by atoms with E-state index in [2.05, 4.69) is 91.5 Å². The van der Waals surface area contributed by atoms with Crippen molar-refractivity contribution in [2.75, 3.05) is 5.32 Å². The van der Waals surface area contributed by atoms with Crippen LogP contribution in [-0.4, -0.2) is 60.2 Å². The van der Waals surface area contributed by atoms with Crippen molar-refractivity contribution in [2.45, 2.75) is 136 Å². The number of nitrogens with one attached hydrogen (secondary N) is 1. The van der Waals surface area contributed by atoms with E-state index < -0.39 is 46.6 Å². The maximum absolute atomic E-state index is 14.7. The highest BCUT2D eigenvalue weighted by Gasteiger charge is 2.43. The average Bonchev–Trinajstić information content (AvgIpc) is 3.69. The molecule has 0 bridgehead atoms. The van der Waals surface area contributed by atoms with Gasteiger partial charge in [0.1, 0.15) is 5.82 Å². The fourth-order valence-electron chi connectivity index (χ4n) is 7.18. The Kier molecular flexibility index (Phi) is 14.9. The maximum atomic E-state index is 14.7. The van der Waals surface area contributed by atoms with Gasteiger partial charge in [-0.15, -0.1) is 4.73 Å². The van der Waals surface area contributed by atoms with Crippen LogP contribution in [0, 0.1) is 5.82 Å². The molecule has 2 aromatic heterocycles. The molecule has 5 rings (SSSR count). The summed E-state index contributed by atoms with van der Waals surface area (Å²) in [6.45, 7) is 26.2. The number of carbonyl (C=O) groups excluding carboxylic acids is 2. The monoisotopic (exact) mass is 883 g/mol. The molecule has 0 aliphatic rings. The lowest BCUT2D eigenvalue weighted by atomic mass is 9.94. The highest BCUT2D eigenvalue weighted by molar-refractivity contribution is 6.74. The van der Waals surface area contributed by atoms with Gasteiger partial charge < -0.3 is 33.8 Å². The van der Waals surface area contributed by atoms with Crippen LogP contribution in [0.3, 0.4) is 0 Å². The standard InChI is InChI=1S/C49H66FN3O7Si2/c1-33(2)45-44(47(57)51-37-21-17-14-18-22-37)43(34-19-15-13-16-20-34)46(35-23-25-36(50)26-24-35)52(45)30-29-38(59-61(9,10)48(3,4)5)31-39(60-62(11,12)49(6,7)8)32-42(56)58-53-40(54)27-28-41(53)55/h13-28,33,38-39,54-55H,29-32H2,1-12H3,(H,51,57)/t38-,39-/m1/s1. The van der Waals surface area contributed by atoms with E-state index >= 15 is 0 Å². The number of anilines is 1. The van der Waals surface area contributed by atoms with E-state index in [-0.39, 0.29) is 34.1 Å². The van der Waals surface area contributed by atoms with E-state index in [9.17, 15) is 24.2 Å². The summed E-state index contributed by atoms with van der Waals surface area (Å²) in [5, 5.41) is 23.3. The van der Waals surface area contributed by atoms with Gasteiger partial charge in [-0.2, -0.15) is 0 Å². The molecule has 0 radical (unpaired) electrons. The number of hydrogen-bond acceptors (Lipinski definition) is 7. The number of nitrogens with zero attached hydrogens (tertiary/aromatic N) is 2. The van der Waals surface area contributed by atoms with Crippen LogP contribution in [0.25, 0.3) is 22.4 Å². The number of amides is 1. The molecule has 0 saturated heterocycles. The van der Waals surface area contributed by atoms with E-state index in [0.717, 1.165) is 28.1 Å². The second-order valence-electron chi connectivity index (χ2n) is 19.5. The first-order valence-electron chi connectivity index (χ1n) is 21.5. The fraction of sp³-hybridized carbons (Fsp3) is 0.429. The topological polar surface area (TPSA) is 124 Å². The minimum atomic E-state index is -2.49. The van der Waals surface area contributed by atoms with Crippen LogP contribution in [0.15, 0.2) is 97.1 Å². The molecule has 3 N–H and O–H groups in total. The molecule has 2 atom stereocenters. The van der Waals surface area contributed by atoms with Crippen LogP contribution in [0.1, 0.15) is 96.6 Å². The smallest absolute Gasteiger partial charge is 0.335 e. The highest BCUT2D eigenvalue weighted by Crippen LogP contribution is 2.44. The highest BCUT2D eigenvalue weighted by atomic mass is 28.4. The predicted octanol–water partition coefficient (Wildman–Crippen LogP) is 12.2. The van der Waals surface area contributed by atoms with Crippen LogP contribution in [0.5, 0.6) is 11.8 Å². The molecule has 0 unspecified atom stereocenters. The zero-order chi connectivity index (χ0) is 45.8. The molecule has 0 fully saturated rings. The summed E-state index contributed by atoms with van der Waals surface area (Å²) in [6.07, 6.45) is -0.401. The van der Waals surface area contributed by atoms with Crippen molar-refractivity contribution in [3.8, 4) is 34.1 Å². The molecular formula is C49H66FN3O7Si2. The SMILES string of the molecule is CC(C)c1c(C(=O)Nc2ccccc2)c(-c2ccccc2)c(-c2ccc(F)cc2)n1CC[C@H](C[C@H](CC(=O)On1c(O)ccc1O)O[Si](C)(C)C(C)(C)C)O[Si](C)(C)C(C)(C)C. The number of para-hydroxylation sites is 1. The summed E-state index contributed by atoms with van der Waals surface area (Å²) < 4.78 is 31.8. The largest absolute Gasteiger partial charge is 0.492 e. The first-order chi connectivity index (χ1) is 28.9. The molecule has 1 amide bonds. The molecule has 3 aromatic carbocycles. The van der Waals surface area contributed by atoms with Crippen molar-refractivity contribution in [3.05, 3.63) is 114 Å². The first-order valence-corrected chi connectivity index (χ1v) is 27.3. The van der Waals surface area contributed by atoms with Crippen molar-refractivity contribution in [1.82, 2.24) is 9.30 Å². The Balaban J connectivity index is 1.67.